The van der Waals surface area contributed by atoms with Crippen LogP contribution in [0.5, 0.6) is 0 Å². The number of benzene rings is 2. The van der Waals surface area contributed by atoms with Gasteiger partial charge in [-0.1, -0.05) is 47.5 Å². The van der Waals surface area contributed by atoms with Crippen molar-refractivity contribution in [1.82, 2.24) is 4.31 Å². The fourth-order valence-corrected chi connectivity index (χ4v) is 5.24. The van der Waals surface area contributed by atoms with E-state index in [1.807, 2.05) is 30.3 Å². The molecule has 1 aliphatic heterocycles. The number of hydrogen-bond donors (Lipinski definition) is 1. The predicted molar refractivity (Wildman–Crippen MR) is 108 cm³/mol. The molecule has 2 aromatic carbocycles. The Kier molecular flexibility index (Phi) is 6.42. The summed E-state index contributed by atoms with van der Waals surface area (Å²) in [5.74, 6) is -0.445. The van der Waals surface area contributed by atoms with Crippen molar-refractivity contribution >= 4 is 44.8 Å². The van der Waals surface area contributed by atoms with Gasteiger partial charge in [0.25, 0.3) is 0 Å². The Bertz CT molecular complexity index is 912. The molecule has 1 aliphatic rings. The molecular formula is C19H20Cl2N2O3S. The van der Waals surface area contributed by atoms with Crippen LogP contribution in [0.25, 0.3) is 0 Å². The van der Waals surface area contributed by atoms with Crippen molar-refractivity contribution in [2.45, 2.75) is 18.6 Å². The lowest BCUT2D eigenvalue weighted by Gasteiger charge is -2.30. The minimum Gasteiger partial charge on any atom is -0.326 e. The van der Waals surface area contributed by atoms with Crippen molar-refractivity contribution in [2.75, 3.05) is 18.4 Å². The Morgan fingerprint density at radius 2 is 1.74 bits per heavy atom. The largest absolute Gasteiger partial charge is 0.326 e. The van der Waals surface area contributed by atoms with E-state index < -0.39 is 10.0 Å². The number of sulfonamides is 1. The predicted octanol–water partition coefficient (Wildman–Crippen LogP) is 4.17. The molecule has 0 radical (unpaired) electrons. The van der Waals surface area contributed by atoms with Gasteiger partial charge >= 0.3 is 0 Å². The van der Waals surface area contributed by atoms with Crippen LogP contribution in [0.3, 0.4) is 0 Å². The molecule has 0 unspecified atom stereocenters. The van der Waals surface area contributed by atoms with Crippen LogP contribution < -0.4 is 5.32 Å². The maximum atomic E-state index is 12.7. The lowest BCUT2D eigenvalue weighted by Crippen LogP contribution is -2.41. The van der Waals surface area contributed by atoms with Gasteiger partial charge in [0, 0.05) is 34.7 Å². The van der Waals surface area contributed by atoms with Crippen molar-refractivity contribution in [1.29, 1.82) is 0 Å². The first-order valence-electron chi connectivity index (χ1n) is 8.63. The van der Waals surface area contributed by atoms with Crippen LogP contribution in [-0.2, 0) is 20.6 Å². The number of piperidine rings is 1. The molecule has 27 heavy (non-hydrogen) atoms. The van der Waals surface area contributed by atoms with Gasteiger partial charge in [-0.2, -0.15) is 0 Å². The minimum absolute atomic E-state index is 0.0704. The van der Waals surface area contributed by atoms with Gasteiger partial charge in [0.1, 0.15) is 0 Å². The van der Waals surface area contributed by atoms with Gasteiger partial charge in [-0.05, 0) is 42.7 Å². The van der Waals surface area contributed by atoms with Gasteiger partial charge in [0.15, 0.2) is 0 Å². The summed E-state index contributed by atoms with van der Waals surface area (Å²) in [6.07, 6.45) is 0.985. The zero-order chi connectivity index (χ0) is 19.4. The normalized spacial score (nSPS) is 16.2. The van der Waals surface area contributed by atoms with Crippen LogP contribution >= 0.6 is 23.2 Å². The lowest BCUT2D eigenvalue weighted by molar-refractivity contribution is -0.120. The van der Waals surface area contributed by atoms with Gasteiger partial charge in [-0.25, -0.2) is 12.7 Å². The monoisotopic (exact) mass is 426 g/mol. The molecule has 5 nitrogen and oxygen atoms in total. The van der Waals surface area contributed by atoms with Crippen molar-refractivity contribution in [3.8, 4) is 0 Å². The molecule has 144 valence electrons. The molecule has 1 N–H and O–H groups in total. The molecule has 0 bridgehead atoms. The third kappa shape index (κ3) is 5.23. The average molecular weight is 427 g/mol. The van der Waals surface area contributed by atoms with Crippen molar-refractivity contribution < 1.29 is 13.2 Å². The number of amides is 1. The first-order valence-corrected chi connectivity index (χ1v) is 11.0. The summed E-state index contributed by atoms with van der Waals surface area (Å²) in [4.78, 5) is 12.4. The van der Waals surface area contributed by atoms with E-state index in [1.165, 1.54) is 10.4 Å². The number of halogens is 2. The van der Waals surface area contributed by atoms with Crippen LogP contribution in [0.1, 0.15) is 18.4 Å². The molecule has 8 heteroatoms. The highest BCUT2D eigenvalue weighted by Crippen LogP contribution is 2.26. The number of nitrogens with zero attached hydrogens (tertiary/aromatic N) is 1. The Labute approximate surface area is 169 Å². The fraction of sp³-hybridized carbons (Fsp3) is 0.316. The first kappa shape index (κ1) is 20.1. The van der Waals surface area contributed by atoms with Crippen molar-refractivity contribution in [3.05, 3.63) is 64.1 Å². The van der Waals surface area contributed by atoms with Gasteiger partial charge in [-0.15, -0.1) is 0 Å². The zero-order valence-electron chi connectivity index (χ0n) is 14.6. The number of hydrogen-bond acceptors (Lipinski definition) is 3. The molecular weight excluding hydrogens is 407 g/mol. The number of rotatable bonds is 5. The second-order valence-corrected chi connectivity index (χ2v) is 9.33. The topological polar surface area (TPSA) is 66.5 Å². The maximum Gasteiger partial charge on any atom is 0.227 e. The molecule has 1 heterocycles. The SMILES string of the molecule is O=C(Nc1ccccc1)C1CCN(S(=O)(=O)Cc2ccc(Cl)cc2Cl)CC1. The van der Waals surface area contributed by atoms with Crippen molar-refractivity contribution in [3.63, 3.8) is 0 Å². The molecule has 1 saturated heterocycles. The molecule has 1 amide bonds. The number of carbonyl (C=O) groups excluding carboxylic acids is 1. The summed E-state index contributed by atoms with van der Waals surface area (Å²) >= 11 is 12.0. The summed E-state index contributed by atoms with van der Waals surface area (Å²) in [7, 11) is -3.51. The zero-order valence-corrected chi connectivity index (χ0v) is 16.9. The number of carbonyl (C=O) groups is 1. The molecule has 2 aromatic rings. The second kappa shape index (κ2) is 8.61. The van der Waals surface area contributed by atoms with Crippen LogP contribution in [0, 0.1) is 5.92 Å². The van der Waals surface area contributed by atoms with Crippen LogP contribution in [0.15, 0.2) is 48.5 Å². The quantitative estimate of drug-likeness (QED) is 0.779. The van der Waals surface area contributed by atoms with E-state index in [-0.39, 0.29) is 17.6 Å². The molecule has 3 rings (SSSR count). The summed E-state index contributed by atoms with van der Waals surface area (Å²) in [6.45, 7) is 0.640. The van der Waals surface area contributed by atoms with E-state index in [0.717, 1.165) is 5.69 Å². The molecule has 1 fully saturated rings. The molecule has 0 aliphatic carbocycles. The number of para-hydroxylation sites is 1. The second-order valence-electron chi connectivity index (χ2n) is 6.52. The van der Waals surface area contributed by atoms with E-state index in [9.17, 15) is 13.2 Å². The number of nitrogens with one attached hydrogen (secondary N) is 1. The van der Waals surface area contributed by atoms with Crippen molar-refractivity contribution in [2.24, 2.45) is 5.92 Å². The fourth-order valence-electron chi connectivity index (χ4n) is 3.09. The summed E-state index contributed by atoms with van der Waals surface area (Å²) in [5.41, 5.74) is 1.26. The van der Waals surface area contributed by atoms with Gasteiger partial charge in [-0.3, -0.25) is 4.79 Å². The Balaban J connectivity index is 1.58. The molecule has 0 atom stereocenters. The van der Waals surface area contributed by atoms with Gasteiger partial charge in [0.05, 0.1) is 5.75 Å². The van der Waals surface area contributed by atoms with Crippen LogP contribution in [0.4, 0.5) is 5.69 Å². The summed E-state index contributed by atoms with van der Waals surface area (Å²) in [5, 5.41) is 3.68. The number of anilines is 1. The van der Waals surface area contributed by atoms with E-state index in [4.69, 9.17) is 23.2 Å². The standard InChI is InChI=1S/C19H20Cl2N2O3S/c20-16-7-6-15(18(21)12-16)13-27(25,26)23-10-8-14(9-11-23)19(24)22-17-4-2-1-3-5-17/h1-7,12,14H,8-11,13H2,(H,22,24). The highest BCUT2D eigenvalue weighted by atomic mass is 35.5. The average Bonchev–Trinajstić information content (AvgIpc) is 2.65. The summed E-state index contributed by atoms with van der Waals surface area (Å²) < 4.78 is 26.8. The highest BCUT2D eigenvalue weighted by molar-refractivity contribution is 7.88. The third-order valence-electron chi connectivity index (χ3n) is 4.61. The summed E-state index contributed by atoms with van der Waals surface area (Å²) in [6, 6.07) is 14.0. The molecule has 0 aromatic heterocycles. The molecule has 0 spiro atoms. The van der Waals surface area contributed by atoms with Gasteiger partial charge in [0.2, 0.25) is 15.9 Å². The van der Waals surface area contributed by atoms with E-state index in [2.05, 4.69) is 5.32 Å². The van der Waals surface area contributed by atoms with E-state index >= 15 is 0 Å². The minimum atomic E-state index is -3.51. The first-order chi connectivity index (χ1) is 12.8. The molecule has 0 saturated carbocycles. The van der Waals surface area contributed by atoms with E-state index in [0.29, 0.717) is 41.5 Å². The maximum absolute atomic E-state index is 12.7. The lowest BCUT2D eigenvalue weighted by atomic mass is 9.97. The highest BCUT2D eigenvalue weighted by Gasteiger charge is 2.31. The van der Waals surface area contributed by atoms with Crippen LogP contribution in [0.2, 0.25) is 10.0 Å². The van der Waals surface area contributed by atoms with E-state index in [1.54, 1.807) is 12.1 Å². The van der Waals surface area contributed by atoms with Crippen LogP contribution in [-0.4, -0.2) is 31.7 Å². The Hall–Kier alpha value is -1.60. The Morgan fingerprint density at radius 3 is 2.37 bits per heavy atom. The van der Waals surface area contributed by atoms with Gasteiger partial charge < -0.3 is 5.32 Å². The third-order valence-corrected chi connectivity index (χ3v) is 7.03. The smallest absolute Gasteiger partial charge is 0.227 e. The Morgan fingerprint density at radius 1 is 1.07 bits per heavy atom.